The molecule has 1 radical (unpaired) electrons. The van der Waals surface area contributed by atoms with Crippen LogP contribution in [0.25, 0.3) is 0 Å². The lowest BCUT2D eigenvalue weighted by molar-refractivity contribution is -0.136. The maximum Gasteiger partial charge on any atom is 0.307 e. The van der Waals surface area contributed by atoms with Crippen molar-refractivity contribution in [2.45, 2.75) is 45.2 Å². The first-order chi connectivity index (χ1) is 7.91. The number of aliphatic carboxylic acids is 1. The summed E-state index contributed by atoms with van der Waals surface area (Å²) in [4.78, 5) is 10.6. The van der Waals surface area contributed by atoms with Gasteiger partial charge in [-0.15, -0.1) is 0 Å². The lowest BCUT2D eigenvalue weighted by Crippen LogP contribution is -2.35. The van der Waals surface area contributed by atoms with E-state index in [0.717, 1.165) is 5.56 Å². The number of carboxylic acids is 1. The molecule has 3 heteroatoms. The van der Waals surface area contributed by atoms with E-state index in [9.17, 15) is 4.79 Å². The van der Waals surface area contributed by atoms with E-state index in [4.69, 9.17) is 5.11 Å². The van der Waals surface area contributed by atoms with Gasteiger partial charge in [0.1, 0.15) is 0 Å². The quantitative estimate of drug-likeness (QED) is 0.815. The van der Waals surface area contributed by atoms with Gasteiger partial charge in [-0.3, -0.25) is 4.79 Å². The van der Waals surface area contributed by atoms with Crippen LogP contribution in [0.4, 0.5) is 0 Å². The summed E-state index contributed by atoms with van der Waals surface area (Å²) >= 11 is 0. The second-order valence-electron chi connectivity index (χ2n) is 5.03. The predicted octanol–water partition coefficient (Wildman–Crippen LogP) is 2.84. The van der Waals surface area contributed by atoms with Gasteiger partial charge in [0.25, 0.3) is 0 Å². The van der Waals surface area contributed by atoms with Crippen LogP contribution in [0.2, 0.25) is 11.1 Å². The zero-order valence-electron chi connectivity index (χ0n) is 11.0. The highest BCUT2D eigenvalue weighted by Crippen LogP contribution is 2.20. The van der Waals surface area contributed by atoms with E-state index in [0.29, 0.717) is 11.1 Å². The predicted molar refractivity (Wildman–Crippen MR) is 73.4 cm³/mol. The molecule has 0 aliphatic heterocycles. The molecule has 0 saturated carbocycles. The van der Waals surface area contributed by atoms with Crippen molar-refractivity contribution in [2.24, 2.45) is 0 Å². The van der Waals surface area contributed by atoms with Gasteiger partial charge >= 0.3 is 5.97 Å². The van der Waals surface area contributed by atoms with Crippen LogP contribution in [0.15, 0.2) is 24.3 Å². The number of carbonyl (C=O) groups is 1. The molecule has 0 aliphatic rings. The molecule has 0 aliphatic carbocycles. The Morgan fingerprint density at radius 2 is 1.59 bits per heavy atom. The SMILES string of the molecule is CC(C)[Si](c1ccc(CC(=O)O)cc1)C(C)C. The fraction of sp³-hybridized carbons (Fsp3) is 0.500. The zero-order chi connectivity index (χ0) is 13.0. The van der Waals surface area contributed by atoms with Crippen molar-refractivity contribution in [1.82, 2.24) is 0 Å². The molecule has 2 nitrogen and oxygen atoms in total. The van der Waals surface area contributed by atoms with Crippen LogP contribution in [0.3, 0.4) is 0 Å². The average molecular weight is 249 g/mol. The molecule has 0 unspecified atom stereocenters. The highest BCUT2D eigenvalue weighted by Gasteiger charge is 2.21. The lowest BCUT2D eigenvalue weighted by Gasteiger charge is -2.23. The Morgan fingerprint density at radius 1 is 1.12 bits per heavy atom. The van der Waals surface area contributed by atoms with Crippen molar-refractivity contribution < 1.29 is 9.90 Å². The number of hydrogen-bond donors (Lipinski definition) is 1. The third-order valence-electron chi connectivity index (χ3n) is 2.89. The van der Waals surface area contributed by atoms with Gasteiger partial charge in [0.2, 0.25) is 0 Å². The Morgan fingerprint density at radius 3 is 1.94 bits per heavy atom. The van der Waals surface area contributed by atoms with Gasteiger partial charge in [0, 0.05) is 0 Å². The van der Waals surface area contributed by atoms with E-state index < -0.39 is 14.8 Å². The normalized spacial score (nSPS) is 11.5. The first-order valence-electron chi connectivity index (χ1n) is 6.09. The van der Waals surface area contributed by atoms with Crippen LogP contribution in [-0.4, -0.2) is 19.9 Å². The van der Waals surface area contributed by atoms with Crippen LogP contribution >= 0.6 is 0 Å². The van der Waals surface area contributed by atoms with E-state index in [2.05, 4.69) is 39.8 Å². The van der Waals surface area contributed by atoms with Crippen molar-refractivity contribution in [2.75, 3.05) is 0 Å². The van der Waals surface area contributed by atoms with E-state index in [1.54, 1.807) is 0 Å². The molecule has 0 spiro atoms. The maximum atomic E-state index is 10.6. The molecule has 1 aromatic rings. The lowest BCUT2D eigenvalue weighted by atomic mass is 10.2. The molecule has 1 N–H and O–H groups in total. The van der Waals surface area contributed by atoms with Gasteiger partial charge in [-0.25, -0.2) is 0 Å². The number of rotatable bonds is 5. The second-order valence-corrected chi connectivity index (χ2v) is 8.83. The van der Waals surface area contributed by atoms with E-state index in [1.807, 2.05) is 12.1 Å². The Balaban J connectivity index is 2.88. The summed E-state index contributed by atoms with van der Waals surface area (Å²) < 4.78 is 0. The Kier molecular flexibility index (Phi) is 4.94. The van der Waals surface area contributed by atoms with E-state index in [-0.39, 0.29) is 6.42 Å². The smallest absolute Gasteiger partial charge is 0.307 e. The summed E-state index contributed by atoms with van der Waals surface area (Å²) in [6.07, 6.45) is 0.117. The second kappa shape index (κ2) is 6.01. The summed E-state index contributed by atoms with van der Waals surface area (Å²) in [5, 5.41) is 10.1. The molecule has 0 bridgehead atoms. The Labute approximate surface area is 105 Å². The summed E-state index contributed by atoms with van der Waals surface area (Å²) in [5.41, 5.74) is 2.28. The minimum atomic E-state index is -0.768. The number of carboxylic acid groups (broad SMARTS) is 1. The monoisotopic (exact) mass is 249 g/mol. The molecule has 0 amide bonds. The van der Waals surface area contributed by atoms with Gasteiger partial charge in [-0.05, 0) is 16.6 Å². The van der Waals surface area contributed by atoms with Crippen molar-refractivity contribution in [3.63, 3.8) is 0 Å². The molecular formula is C14H21O2Si. The Bertz CT molecular complexity index is 360. The average Bonchev–Trinajstić information content (AvgIpc) is 2.18. The van der Waals surface area contributed by atoms with Crippen molar-refractivity contribution in [3.8, 4) is 0 Å². The molecule has 0 saturated heterocycles. The molecular weight excluding hydrogens is 228 g/mol. The molecule has 1 aromatic carbocycles. The Hall–Kier alpha value is -1.09. The topological polar surface area (TPSA) is 37.3 Å². The first kappa shape index (κ1) is 14.0. The molecule has 1 rings (SSSR count). The van der Waals surface area contributed by atoms with Crippen LogP contribution in [0, 0.1) is 0 Å². The molecule has 0 atom stereocenters. The van der Waals surface area contributed by atoms with E-state index >= 15 is 0 Å². The van der Waals surface area contributed by atoms with Crippen molar-refractivity contribution in [1.29, 1.82) is 0 Å². The summed E-state index contributed by atoms with van der Waals surface area (Å²) in [6, 6.07) is 8.15. The fourth-order valence-corrected chi connectivity index (χ4v) is 5.54. The van der Waals surface area contributed by atoms with Gasteiger partial charge in [-0.2, -0.15) is 0 Å². The highest BCUT2D eigenvalue weighted by atomic mass is 28.3. The van der Waals surface area contributed by atoms with Gasteiger partial charge in [-0.1, -0.05) is 57.1 Å². The van der Waals surface area contributed by atoms with Crippen molar-refractivity contribution in [3.05, 3.63) is 29.8 Å². The van der Waals surface area contributed by atoms with Crippen LogP contribution in [0.5, 0.6) is 0 Å². The maximum absolute atomic E-state index is 10.6. The summed E-state index contributed by atoms with van der Waals surface area (Å²) in [7, 11) is -0.548. The van der Waals surface area contributed by atoms with Crippen LogP contribution < -0.4 is 5.19 Å². The molecule has 93 valence electrons. The summed E-state index contributed by atoms with van der Waals surface area (Å²) in [5.74, 6) is -0.768. The molecule has 0 heterocycles. The highest BCUT2D eigenvalue weighted by molar-refractivity contribution is 6.75. The minimum Gasteiger partial charge on any atom is -0.481 e. The molecule has 0 fully saturated rings. The first-order valence-corrected chi connectivity index (χ1v) is 7.75. The third kappa shape index (κ3) is 4.00. The zero-order valence-corrected chi connectivity index (χ0v) is 12.0. The fourth-order valence-electron chi connectivity index (χ4n) is 2.32. The van der Waals surface area contributed by atoms with Gasteiger partial charge in [0.05, 0.1) is 15.2 Å². The van der Waals surface area contributed by atoms with Crippen LogP contribution in [0.1, 0.15) is 33.3 Å². The van der Waals surface area contributed by atoms with Gasteiger partial charge in [0.15, 0.2) is 0 Å². The van der Waals surface area contributed by atoms with Crippen LogP contribution in [-0.2, 0) is 11.2 Å². The van der Waals surface area contributed by atoms with Crippen molar-refractivity contribution >= 4 is 20.0 Å². The minimum absolute atomic E-state index is 0.117. The number of benzene rings is 1. The largest absolute Gasteiger partial charge is 0.481 e. The standard InChI is InChI=1S/C14H21O2Si/c1-10(2)17(11(3)4)13-7-5-12(6-8-13)9-14(15)16/h5-8,10-11H,9H2,1-4H3,(H,15,16). The third-order valence-corrected chi connectivity index (χ3v) is 6.37. The molecule has 17 heavy (non-hydrogen) atoms. The van der Waals surface area contributed by atoms with E-state index in [1.165, 1.54) is 5.19 Å². The summed E-state index contributed by atoms with van der Waals surface area (Å²) in [6.45, 7) is 9.11. The number of hydrogen-bond acceptors (Lipinski definition) is 1. The van der Waals surface area contributed by atoms with Gasteiger partial charge < -0.3 is 5.11 Å². The molecule has 0 aromatic heterocycles.